The summed E-state index contributed by atoms with van der Waals surface area (Å²) in [6, 6.07) is 15.6. The number of benzene rings is 2. The Morgan fingerprint density at radius 2 is 1.25 bits per heavy atom. The summed E-state index contributed by atoms with van der Waals surface area (Å²) in [5, 5.41) is 8.54. The van der Waals surface area contributed by atoms with Crippen LogP contribution in [-0.2, 0) is 21.4 Å². The van der Waals surface area contributed by atoms with Crippen LogP contribution in [0.3, 0.4) is 0 Å². The van der Waals surface area contributed by atoms with E-state index in [4.69, 9.17) is 9.84 Å². The van der Waals surface area contributed by atoms with E-state index >= 15 is 0 Å². The predicted octanol–water partition coefficient (Wildman–Crippen LogP) is 6.66. The lowest BCUT2D eigenvalue weighted by Crippen LogP contribution is -2.20. The summed E-state index contributed by atoms with van der Waals surface area (Å²) in [6.45, 7) is 6.62. The molecule has 0 saturated heterocycles. The van der Waals surface area contributed by atoms with Crippen molar-refractivity contribution in [1.82, 2.24) is 4.72 Å². The molecule has 2 aromatic carbocycles. The van der Waals surface area contributed by atoms with Gasteiger partial charge in [0.05, 0.1) is 12.2 Å². The van der Waals surface area contributed by atoms with Crippen LogP contribution in [0.5, 0.6) is 0 Å². The first-order chi connectivity index (χ1) is 17.0. The van der Waals surface area contributed by atoms with Gasteiger partial charge in [-0.1, -0.05) is 108 Å². The van der Waals surface area contributed by atoms with Crippen molar-refractivity contribution in [2.24, 2.45) is 0 Å². The van der Waals surface area contributed by atoms with Gasteiger partial charge in [0.25, 0.3) is 15.9 Å². The van der Waals surface area contributed by atoms with E-state index in [-0.39, 0.29) is 29.5 Å². The van der Waals surface area contributed by atoms with E-state index in [1.807, 2.05) is 35.1 Å². The number of fused-ring (bicyclic) bond motifs is 1. The standard InChI is InChI=1S/C14H30O.C7H5NO3S.C7H8O.ClH/c1-3-5-7-9-11-13-15-14-12-10-8-6-4-2;9-7-5-3-1-2-4-6(5)12(10,11)8-7;8-6-7-4-2-1-3-5-7;/h3-14H2,1-2H3;1-4H,(H,8,9);1-5,8H,6H2;1H. The molecule has 2 N–H and O–H groups in total. The number of halogens is 1. The largest absolute Gasteiger partial charge is 0.392 e. The Morgan fingerprint density at radius 1 is 0.750 bits per heavy atom. The van der Waals surface area contributed by atoms with Crippen LogP contribution in [0, 0.1) is 0 Å². The number of aliphatic hydroxyl groups excluding tert-OH is 1. The normalized spacial score (nSPS) is 12.7. The number of hydrogen-bond donors (Lipinski definition) is 2. The Kier molecular flexibility index (Phi) is 20.0. The SMILES string of the molecule is CCCCCCCOCCCCCCC.Cl.O=C1NS(=O)(=O)c2ccccc21.OCc1ccccc1. The van der Waals surface area contributed by atoms with Gasteiger partial charge in [0.15, 0.2) is 0 Å². The topological polar surface area (TPSA) is 92.7 Å². The molecule has 1 aliphatic rings. The average Bonchev–Trinajstić information content (AvgIpc) is 3.12. The Bertz CT molecular complexity index is 911. The second kappa shape index (κ2) is 21.2. The summed E-state index contributed by atoms with van der Waals surface area (Å²) < 4.78 is 29.7. The zero-order valence-electron chi connectivity index (χ0n) is 21.8. The number of ether oxygens (including phenoxy) is 1. The first-order valence-electron chi connectivity index (χ1n) is 12.8. The number of aliphatic hydroxyl groups is 1. The second-order valence-corrected chi connectivity index (χ2v) is 10.2. The molecule has 0 unspecified atom stereocenters. The van der Waals surface area contributed by atoms with Gasteiger partial charge in [-0.3, -0.25) is 4.79 Å². The third-order valence-corrected chi connectivity index (χ3v) is 6.85. The van der Waals surface area contributed by atoms with Crippen molar-refractivity contribution < 1.29 is 23.1 Å². The van der Waals surface area contributed by atoms with Crippen LogP contribution in [-0.4, -0.2) is 32.6 Å². The minimum Gasteiger partial charge on any atom is -0.392 e. The highest BCUT2D eigenvalue weighted by Crippen LogP contribution is 2.20. The number of carbonyl (C=O) groups is 1. The van der Waals surface area contributed by atoms with E-state index in [1.165, 1.54) is 76.3 Å². The average molecular weight is 542 g/mol. The van der Waals surface area contributed by atoms with Gasteiger partial charge in [0, 0.05) is 13.2 Å². The summed E-state index contributed by atoms with van der Waals surface area (Å²) >= 11 is 0. The quantitative estimate of drug-likeness (QED) is 0.276. The Labute approximate surface area is 224 Å². The number of carbonyl (C=O) groups excluding carboxylic acids is 1. The van der Waals surface area contributed by atoms with E-state index in [0.717, 1.165) is 18.8 Å². The third kappa shape index (κ3) is 14.6. The summed E-state index contributed by atoms with van der Waals surface area (Å²) in [6.07, 6.45) is 13.4. The lowest BCUT2D eigenvalue weighted by Gasteiger charge is -2.03. The molecule has 0 aromatic heterocycles. The van der Waals surface area contributed by atoms with Crippen LogP contribution >= 0.6 is 12.4 Å². The molecule has 0 spiro atoms. The maximum absolute atomic E-state index is 11.1. The second-order valence-electron chi connectivity index (χ2n) is 8.52. The molecule has 0 saturated carbocycles. The molecule has 36 heavy (non-hydrogen) atoms. The lowest BCUT2D eigenvalue weighted by atomic mass is 10.1. The van der Waals surface area contributed by atoms with Gasteiger partial charge in [-0.2, -0.15) is 0 Å². The smallest absolute Gasteiger partial charge is 0.266 e. The van der Waals surface area contributed by atoms with Crippen molar-refractivity contribution >= 4 is 28.3 Å². The van der Waals surface area contributed by atoms with Gasteiger partial charge in [-0.25, -0.2) is 13.1 Å². The molecule has 1 aliphatic heterocycles. The molecule has 6 nitrogen and oxygen atoms in total. The highest BCUT2D eigenvalue weighted by Gasteiger charge is 2.31. The van der Waals surface area contributed by atoms with Crippen molar-refractivity contribution in [3.63, 3.8) is 0 Å². The summed E-state index contributed by atoms with van der Waals surface area (Å²) in [5.74, 6) is -0.550. The molecular weight excluding hydrogens is 498 g/mol. The first-order valence-corrected chi connectivity index (χ1v) is 14.3. The van der Waals surface area contributed by atoms with Crippen molar-refractivity contribution in [3.05, 3.63) is 65.7 Å². The van der Waals surface area contributed by atoms with Crippen LogP contribution in [0.25, 0.3) is 0 Å². The Hall–Kier alpha value is -1.93. The highest BCUT2D eigenvalue weighted by atomic mass is 35.5. The maximum Gasteiger partial charge on any atom is 0.266 e. The number of unbranched alkanes of at least 4 members (excludes halogenated alkanes) is 8. The van der Waals surface area contributed by atoms with E-state index in [2.05, 4.69) is 13.8 Å². The molecule has 0 fully saturated rings. The molecule has 8 heteroatoms. The minimum absolute atomic E-state index is 0. The van der Waals surface area contributed by atoms with Gasteiger partial charge < -0.3 is 9.84 Å². The number of hydrogen-bond acceptors (Lipinski definition) is 5. The fourth-order valence-corrected chi connectivity index (χ4v) is 4.59. The summed E-state index contributed by atoms with van der Waals surface area (Å²) in [7, 11) is -3.55. The summed E-state index contributed by atoms with van der Waals surface area (Å²) in [4.78, 5) is 11.1. The molecule has 0 aliphatic carbocycles. The molecule has 2 aromatic rings. The zero-order valence-corrected chi connectivity index (χ0v) is 23.4. The molecule has 1 heterocycles. The van der Waals surface area contributed by atoms with Gasteiger partial charge in [0.2, 0.25) is 0 Å². The molecule has 1 amide bonds. The van der Waals surface area contributed by atoms with E-state index in [9.17, 15) is 13.2 Å². The van der Waals surface area contributed by atoms with Gasteiger partial charge in [-0.05, 0) is 30.5 Å². The fourth-order valence-electron chi connectivity index (χ4n) is 3.42. The molecule has 3 rings (SSSR count). The molecule has 0 bridgehead atoms. The van der Waals surface area contributed by atoms with Crippen LogP contribution in [0.2, 0.25) is 0 Å². The van der Waals surface area contributed by atoms with Crippen molar-refractivity contribution in [2.75, 3.05) is 13.2 Å². The van der Waals surface area contributed by atoms with Gasteiger partial charge in [0.1, 0.15) is 4.90 Å². The van der Waals surface area contributed by atoms with Gasteiger partial charge >= 0.3 is 0 Å². The van der Waals surface area contributed by atoms with Crippen LogP contribution in [0.4, 0.5) is 0 Å². The molecule has 204 valence electrons. The minimum atomic E-state index is -3.55. The van der Waals surface area contributed by atoms with Crippen LogP contribution in [0.1, 0.15) is 94.0 Å². The monoisotopic (exact) mass is 541 g/mol. The van der Waals surface area contributed by atoms with Gasteiger partial charge in [-0.15, -0.1) is 12.4 Å². The predicted molar refractivity (Wildman–Crippen MR) is 149 cm³/mol. The molecule has 0 radical (unpaired) electrons. The Balaban J connectivity index is 0.000000523. The molecular formula is C28H44ClNO5S. The van der Waals surface area contributed by atoms with E-state index in [1.54, 1.807) is 12.1 Å². The fraction of sp³-hybridized carbons (Fsp3) is 0.536. The lowest BCUT2D eigenvalue weighted by molar-refractivity contribution is 0.0985. The number of nitrogens with one attached hydrogen (secondary N) is 1. The third-order valence-electron chi connectivity index (χ3n) is 5.46. The van der Waals surface area contributed by atoms with Crippen LogP contribution < -0.4 is 4.72 Å². The Morgan fingerprint density at radius 3 is 1.72 bits per heavy atom. The number of amides is 1. The number of rotatable bonds is 13. The van der Waals surface area contributed by atoms with Crippen molar-refractivity contribution in [1.29, 1.82) is 0 Å². The van der Waals surface area contributed by atoms with Crippen LogP contribution in [0.15, 0.2) is 59.5 Å². The summed E-state index contributed by atoms with van der Waals surface area (Å²) in [5.41, 5.74) is 1.19. The number of sulfonamides is 1. The van der Waals surface area contributed by atoms with E-state index < -0.39 is 15.9 Å². The maximum atomic E-state index is 11.1. The van der Waals surface area contributed by atoms with Crippen molar-refractivity contribution in [3.8, 4) is 0 Å². The first kappa shape index (κ1) is 34.1. The van der Waals surface area contributed by atoms with E-state index in [0.29, 0.717) is 0 Å². The van der Waals surface area contributed by atoms with Crippen molar-refractivity contribution in [2.45, 2.75) is 89.6 Å². The zero-order chi connectivity index (χ0) is 25.8. The highest BCUT2D eigenvalue weighted by molar-refractivity contribution is 7.90. The molecule has 0 atom stereocenters.